The van der Waals surface area contributed by atoms with Gasteiger partial charge in [0.25, 0.3) is 0 Å². The molecule has 1 fully saturated rings. The highest BCUT2D eigenvalue weighted by atomic mass is 35.5. The fourth-order valence-corrected chi connectivity index (χ4v) is 2.37. The van der Waals surface area contributed by atoms with Crippen molar-refractivity contribution < 1.29 is 17.9 Å². The van der Waals surface area contributed by atoms with E-state index < -0.39 is 23.3 Å². The summed E-state index contributed by atoms with van der Waals surface area (Å²) in [4.78, 5) is 3.85. The molecule has 1 aromatic rings. The minimum absolute atomic E-state index is 0.0172. The summed E-state index contributed by atoms with van der Waals surface area (Å²) in [7, 11) is 0. The third-order valence-electron chi connectivity index (χ3n) is 3.43. The van der Waals surface area contributed by atoms with E-state index in [0.29, 0.717) is 30.0 Å². The molecule has 0 bridgehead atoms. The maximum atomic E-state index is 12.6. The lowest BCUT2D eigenvalue weighted by Gasteiger charge is -2.16. The van der Waals surface area contributed by atoms with Gasteiger partial charge in [0.05, 0.1) is 16.6 Å². The lowest BCUT2D eigenvalue weighted by Crippen LogP contribution is -2.32. The molecule has 25 heavy (non-hydrogen) atoms. The fourth-order valence-electron chi connectivity index (χ4n) is 2.15. The maximum absolute atomic E-state index is 12.6. The van der Waals surface area contributed by atoms with Crippen LogP contribution >= 0.6 is 11.6 Å². The second-order valence-corrected chi connectivity index (χ2v) is 5.96. The van der Waals surface area contributed by atoms with Crippen molar-refractivity contribution in [2.45, 2.75) is 24.2 Å². The molecule has 1 saturated heterocycles. The molecule has 0 amide bonds. The molecule has 2 unspecified atom stereocenters. The Hall–Kier alpha value is -2.35. The Kier molecular flexibility index (Phi) is 5.84. The van der Waals surface area contributed by atoms with Crippen molar-refractivity contribution >= 4 is 23.6 Å². The summed E-state index contributed by atoms with van der Waals surface area (Å²) in [6.07, 6.45) is -2.83. The molecule has 2 rings (SSSR count). The molecule has 5 N–H and O–H groups in total. The van der Waals surface area contributed by atoms with Crippen LogP contribution in [0.5, 0.6) is 0 Å². The van der Waals surface area contributed by atoms with Gasteiger partial charge in [-0.05, 0) is 30.2 Å². The molecule has 1 heterocycles. The minimum Gasteiger partial charge on any atom is -0.467 e. The molecule has 2 atom stereocenters. The number of nitrogens with two attached hydrogens (primary N) is 2. The van der Waals surface area contributed by atoms with E-state index in [1.165, 1.54) is 12.1 Å². The molecule has 136 valence electrons. The number of benzene rings is 1. The van der Waals surface area contributed by atoms with Crippen LogP contribution in [0, 0.1) is 0 Å². The SMILES string of the molecule is C=C1NC(C(Cl)CCN=C(N)N)O/C1=C\c1ccc(C(F)(F)F)cc1. The molecule has 1 aliphatic rings. The predicted molar refractivity (Wildman–Crippen MR) is 91.5 cm³/mol. The Labute approximate surface area is 148 Å². The first kappa shape index (κ1) is 19.0. The van der Waals surface area contributed by atoms with Gasteiger partial charge < -0.3 is 21.5 Å². The smallest absolute Gasteiger partial charge is 0.416 e. The van der Waals surface area contributed by atoms with E-state index in [1.54, 1.807) is 6.08 Å². The minimum atomic E-state index is -4.37. The summed E-state index contributed by atoms with van der Waals surface area (Å²) >= 11 is 6.24. The molecule has 9 heteroatoms. The van der Waals surface area contributed by atoms with Crippen LogP contribution < -0.4 is 16.8 Å². The molecular weight excluding hydrogens is 357 g/mol. The Bertz CT molecular complexity index is 682. The second kappa shape index (κ2) is 7.69. The highest BCUT2D eigenvalue weighted by molar-refractivity contribution is 6.21. The average molecular weight is 375 g/mol. The van der Waals surface area contributed by atoms with Crippen molar-refractivity contribution in [1.29, 1.82) is 0 Å². The van der Waals surface area contributed by atoms with Crippen molar-refractivity contribution in [3.63, 3.8) is 0 Å². The summed E-state index contributed by atoms with van der Waals surface area (Å²) in [5, 5.41) is 2.57. The Balaban J connectivity index is 2.02. The summed E-state index contributed by atoms with van der Waals surface area (Å²) in [6.45, 7) is 4.17. The number of hydrogen-bond donors (Lipinski definition) is 3. The number of nitrogens with zero attached hydrogens (tertiary/aromatic N) is 1. The summed E-state index contributed by atoms with van der Waals surface area (Å²) in [5.41, 5.74) is 10.8. The first-order valence-corrected chi connectivity index (χ1v) is 7.81. The highest BCUT2D eigenvalue weighted by Crippen LogP contribution is 2.30. The lowest BCUT2D eigenvalue weighted by atomic mass is 10.1. The molecule has 5 nitrogen and oxygen atoms in total. The summed E-state index contributed by atoms with van der Waals surface area (Å²) in [6, 6.07) is 4.73. The third kappa shape index (κ3) is 5.32. The standard InChI is InChI=1S/C16H18ClF3N4O/c1-9-13(8-10-2-4-11(5-3-10)16(18,19)20)25-14(24-9)12(17)6-7-23-15(21)22/h2-5,8,12,14,24H,1,6-7H2,(H4,21,22,23)/b13-8-. The molecule has 0 saturated carbocycles. The van der Waals surface area contributed by atoms with E-state index in [0.717, 1.165) is 12.1 Å². The number of hydrogen-bond acceptors (Lipinski definition) is 3. The van der Waals surface area contributed by atoms with Crippen molar-refractivity contribution in [3.05, 3.63) is 53.4 Å². The van der Waals surface area contributed by atoms with Crippen LogP contribution in [-0.2, 0) is 10.9 Å². The van der Waals surface area contributed by atoms with Gasteiger partial charge in [0, 0.05) is 6.54 Å². The molecular formula is C16H18ClF3N4O. The third-order valence-corrected chi connectivity index (χ3v) is 3.88. The topological polar surface area (TPSA) is 85.7 Å². The zero-order valence-corrected chi connectivity index (χ0v) is 13.9. The van der Waals surface area contributed by atoms with Gasteiger partial charge in [-0.1, -0.05) is 18.7 Å². The van der Waals surface area contributed by atoms with E-state index in [-0.39, 0.29) is 5.96 Å². The Morgan fingerprint density at radius 3 is 2.56 bits per heavy atom. The number of aliphatic imine (C=N–C) groups is 1. The van der Waals surface area contributed by atoms with Crippen LogP contribution in [0.25, 0.3) is 6.08 Å². The van der Waals surface area contributed by atoms with Crippen molar-refractivity contribution in [3.8, 4) is 0 Å². The molecule has 0 radical (unpaired) electrons. The number of nitrogens with one attached hydrogen (secondary N) is 1. The number of halogens is 4. The largest absolute Gasteiger partial charge is 0.467 e. The predicted octanol–water partition coefficient (Wildman–Crippen LogP) is 2.78. The monoisotopic (exact) mass is 374 g/mol. The van der Waals surface area contributed by atoms with Crippen LogP contribution in [0.4, 0.5) is 13.2 Å². The summed E-state index contributed by atoms with van der Waals surface area (Å²) in [5.74, 6) is 0.397. The number of ether oxygens (including phenoxy) is 1. The fraction of sp³-hybridized carbons (Fsp3) is 0.312. The number of rotatable bonds is 5. The molecule has 1 aromatic carbocycles. The van der Waals surface area contributed by atoms with Crippen molar-refractivity contribution in [2.24, 2.45) is 16.5 Å². The van der Waals surface area contributed by atoms with Crippen LogP contribution in [0.3, 0.4) is 0 Å². The van der Waals surface area contributed by atoms with Crippen molar-refractivity contribution in [1.82, 2.24) is 5.32 Å². The normalized spacial score (nSPS) is 20.1. The Morgan fingerprint density at radius 2 is 2.00 bits per heavy atom. The zero-order chi connectivity index (χ0) is 18.6. The second-order valence-electron chi connectivity index (χ2n) is 5.40. The van der Waals surface area contributed by atoms with Gasteiger partial charge in [0.2, 0.25) is 0 Å². The van der Waals surface area contributed by atoms with Gasteiger partial charge in [0.15, 0.2) is 12.2 Å². The van der Waals surface area contributed by atoms with Gasteiger partial charge in [-0.3, -0.25) is 4.99 Å². The highest BCUT2D eigenvalue weighted by Gasteiger charge is 2.31. The van der Waals surface area contributed by atoms with E-state index in [4.69, 9.17) is 27.8 Å². The van der Waals surface area contributed by atoms with Gasteiger partial charge in [-0.2, -0.15) is 13.2 Å². The van der Waals surface area contributed by atoms with Crippen LogP contribution in [0.2, 0.25) is 0 Å². The van der Waals surface area contributed by atoms with Gasteiger partial charge >= 0.3 is 6.18 Å². The first-order valence-electron chi connectivity index (χ1n) is 7.37. The van der Waals surface area contributed by atoms with Crippen LogP contribution in [0.1, 0.15) is 17.5 Å². The van der Waals surface area contributed by atoms with E-state index in [9.17, 15) is 13.2 Å². The maximum Gasteiger partial charge on any atom is 0.416 e. The van der Waals surface area contributed by atoms with E-state index in [1.807, 2.05) is 0 Å². The summed E-state index contributed by atoms with van der Waals surface area (Å²) < 4.78 is 43.4. The quantitative estimate of drug-likeness (QED) is 0.420. The molecule has 0 aromatic heterocycles. The zero-order valence-electron chi connectivity index (χ0n) is 13.2. The Morgan fingerprint density at radius 1 is 1.36 bits per heavy atom. The first-order chi connectivity index (χ1) is 11.7. The van der Waals surface area contributed by atoms with Crippen LogP contribution in [-0.4, -0.2) is 24.1 Å². The average Bonchev–Trinajstić information content (AvgIpc) is 2.87. The van der Waals surface area contributed by atoms with Gasteiger partial charge in [-0.25, -0.2) is 0 Å². The molecule has 0 spiro atoms. The van der Waals surface area contributed by atoms with E-state index in [2.05, 4.69) is 16.9 Å². The van der Waals surface area contributed by atoms with Crippen LogP contribution in [0.15, 0.2) is 47.3 Å². The van der Waals surface area contributed by atoms with Gasteiger partial charge in [-0.15, -0.1) is 11.6 Å². The molecule has 0 aliphatic carbocycles. The number of alkyl halides is 4. The van der Waals surface area contributed by atoms with Gasteiger partial charge in [0.1, 0.15) is 5.76 Å². The lowest BCUT2D eigenvalue weighted by molar-refractivity contribution is -0.137. The number of guanidine groups is 1. The van der Waals surface area contributed by atoms with Crippen molar-refractivity contribution in [2.75, 3.05) is 6.54 Å². The molecule has 1 aliphatic heterocycles. The van der Waals surface area contributed by atoms with E-state index >= 15 is 0 Å².